The first-order valence-corrected chi connectivity index (χ1v) is 8.33. The fourth-order valence-corrected chi connectivity index (χ4v) is 3.10. The molecule has 0 atom stereocenters. The Hall–Kier alpha value is -0.770. The number of piperidine rings is 1. The van der Waals surface area contributed by atoms with Crippen molar-refractivity contribution < 1.29 is 5.11 Å². The van der Waals surface area contributed by atoms with E-state index < -0.39 is 0 Å². The first-order valence-electron chi connectivity index (χ1n) is 7.95. The summed E-state index contributed by atoms with van der Waals surface area (Å²) in [4.78, 5) is 2.33. The van der Waals surface area contributed by atoms with Gasteiger partial charge in [-0.05, 0) is 48.9 Å². The molecule has 1 heterocycles. The quantitative estimate of drug-likeness (QED) is 0.846. The summed E-state index contributed by atoms with van der Waals surface area (Å²) in [7, 11) is 0. The molecule has 0 radical (unpaired) electrons. The molecule has 0 bridgehead atoms. The second-order valence-corrected chi connectivity index (χ2v) is 6.83. The molecule has 1 saturated heterocycles. The third-order valence-corrected chi connectivity index (χ3v) is 4.41. The predicted octanol–water partition coefficient (Wildman–Crippen LogP) is 3.29. The van der Waals surface area contributed by atoms with Gasteiger partial charge in [0.15, 0.2) is 0 Å². The average Bonchev–Trinajstić information content (AvgIpc) is 2.47. The van der Waals surface area contributed by atoms with Crippen LogP contribution in [-0.2, 0) is 6.54 Å². The van der Waals surface area contributed by atoms with E-state index in [2.05, 4.69) is 42.3 Å². The number of aliphatic hydroxyl groups excluding tert-OH is 1. The highest BCUT2D eigenvalue weighted by Gasteiger charge is 2.20. The van der Waals surface area contributed by atoms with Crippen molar-refractivity contribution >= 4 is 17.3 Å². The minimum atomic E-state index is 0.308. The van der Waals surface area contributed by atoms with Gasteiger partial charge in [-0.3, -0.25) is 0 Å². The zero-order valence-corrected chi connectivity index (χ0v) is 13.9. The smallest absolute Gasteiger partial charge is 0.0642 e. The van der Waals surface area contributed by atoms with Gasteiger partial charge in [0.1, 0.15) is 0 Å². The molecule has 118 valence electrons. The number of hydrogen-bond donors (Lipinski definition) is 2. The fraction of sp³-hybridized carbons (Fsp3) is 0.647. The van der Waals surface area contributed by atoms with Gasteiger partial charge >= 0.3 is 0 Å². The molecule has 3 nitrogen and oxygen atoms in total. The van der Waals surface area contributed by atoms with Crippen LogP contribution in [0.15, 0.2) is 18.2 Å². The number of rotatable bonds is 6. The van der Waals surface area contributed by atoms with Crippen LogP contribution in [0, 0.1) is 11.8 Å². The number of halogens is 1. The number of hydrogen-bond acceptors (Lipinski definition) is 3. The average molecular weight is 311 g/mol. The van der Waals surface area contributed by atoms with Crippen molar-refractivity contribution in [2.24, 2.45) is 11.8 Å². The molecule has 21 heavy (non-hydrogen) atoms. The third-order valence-electron chi connectivity index (χ3n) is 4.11. The van der Waals surface area contributed by atoms with Gasteiger partial charge in [0.25, 0.3) is 0 Å². The molecule has 2 N–H and O–H groups in total. The van der Waals surface area contributed by atoms with Crippen molar-refractivity contribution in [2.45, 2.75) is 33.2 Å². The number of aliphatic hydroxyl groups is 1. The van der Waals surface area contributed by atoms with E-state index in [9.17, 15) is 5.11 Å². The van der Waals surface area contributed by atoms with Crippen molar-refractivity contribution in [1.29, 1.82) is 0 Å². The van der Waals surface area contributed by atoms with Gasteiger partial charge in [-0.2, -0.15) is 0 Å². The second kappa shape index (κ2) is 8.02. The van der Waals surface area contributed by atoms with E-state index in [0.717, 1.165) is 49.7 Å². The molecule has 0 aliphatic carbocycles. The van der Waals surface area contributed by atoms with Crippen LogP contribution in [-0.4, -0.2) is 31.3 Å². The molecule has 0 saturated carbocycles. The van der Waals surface area contributed by atoms with Gasteiger partial charge in [0.2, 0.25) is 0 Å². The van der Waals surface area contributed by atoms with Gasteiger partial charge in [0.05, 0.1) is 10.7 Å². The van der Waals surface area contributed by atoms with Crippen LogP contribution in [0.2, 0.25) is 5.02 Å². The minimum Gasteiger partial charge on any atom is -0.396 e. The zero-order chi connectivity index (χ0) is 15.2. The van der Waals surface area contributed by atoms with Gasteiger partial charge in [0, 0.05) is 26.2 Å². The van der Waals surface area contributed by atoms with E-state index in [1.54, 1.807) is 0 Å². The Bertz CT molecular complexity index is 442. The van der Waals surface area contributed by atoms with E-state index in [-0.39, 0.29) is 0 Å². The second-order valence-electron chi connectivity index (χ2n) is 6.42. The molecule has 1 aliphatic heterocycles. The predicted molar refractivity (Wildman–Crippen MR) is 90.0 cm³/mol. The van der Waals surface area contributed by atoms with Crippen LogP contribution in [0.3, 0.4) is 0 Å². The standard InChI is InChI=1S/C17H27ClN2O/c1-13(2)10-19-11-15-3-4-17(16(18)9-15)20-7-5-14(12-21)6-8-20/h3-4,9,13-14,19,21H,5-8,10-12H2,1-2H3. The van der Waals surface area contributed by atoms with E-state index in [1.165, 1.54) is 5.56 Å². The summed E-state index contributed by atoms with van der Waals surface area (Å²) >= 11 is 6.46. The number of nitrogens with one attached hydrogen (secondary N) is 1. The molecule has 1 fully saturated rings. The molecule has 1 aliphatic rings. The highest BCUT2D eigenvalue weighted by molar-refractivity contribution is 6.33. The summed E-state index contributed by atoms with van der Waals surface area (Å²) in [5.41, 5.74) is 2.36. The maximum atomic E-state index is 9.21. The van der Waals surface area contributed by atoms with E-state index in [4.69, 9.17) is 11.6 Å². The maximum Gasteiger partial charge on any atom is 0.0642 e. The first kappa shape index (κ1) is 16.6. The van der Waals surface area contributed by atoms with Crippen molar-refractivity contribution in [3.63, 3.8) is 0 Å². The van der Waals surface area contributed by atoms with Crippen LogP contribution < -0.4 is 10.2 Å². The van der Waals surface area contributed by atoms with Gasteiger partial charge in [-0.15, -0.1) is 0 Å². The number of anilines is 1. The minimum absolute atomic E-state index is 0.308. The Kier molecular flexibility index (Phi) is 6.34. The summed E-state index contributed by atoms with van der Waals surface area (Å²) in [5, 5.41) is 13.5. The molecular weight excluding hydrogens is 284 g/mol. The van der Waals surface area contributed by atoms with Crippen molar-refractivity contribution in [3.05, 3.63) is 28.8 Å². The largest absolute Gasteiger partial charge is 0.396 e. The summed E-state index contributed by atoms with van der Waals surface area (Å²) in [6.07, 6.45) is 2.09. The number of nitrogens with zero attached hydrogens (tertiary/aromatic N) is 1. The van der Waals surface area contributed by atoms with Gasteiger partial charge < -0.3 is 15.3 Å². The highest BCUT2D eigenvalue weighted by atomic mass is 35.5. The highest BCUT2D eigenvalue weighted by Crippen LogP contribution is 2.30. The Balaban J connectivity index is 1.93. The normalized spacial score (nSPS) is 16.7. The monoisotopic (exact) mass is 310 g/mol. The number of benzene rings is 1. The lowest BCUT2D eigenvalue weighted by Gasteiger charge is -2.33. The fourth-order valence-electron chi connectivity index (χ4n) is 2.78. The van der Waals surface area contributed by atoms with E-state index in [1.807, 2.05) is 0 Å². The van der Waals surface area contributed by atoms with Crippen molar-refractivity contribution in [2.75, 3.05) is 31.1 Å². The first-order chi connectivity index (χ1) is 10.1. The molecule has 0 amide bonds. The Morgan fingerprint density at radius 3 is 2.62 bits per heavy atom. The van der Waals surface area contributed by atoms with Crippen LogP contribution >= 0.6 is 11.6 Å². The van der Waals surface area contributed by atoms with Crippen LogP contribution in [0.1, 0.15) is 32.3 Å². The molecule has 1 aromatic rings. The van der Waals surface area contributed by atoms with Gasteiger partial charge in [-0.1, -0.05) is 31.5 Å². The lowest BCUT2D eigenvalue weighted by Crippen LogP contribution is -2.34. The molecule has 2 rings (SSSR count). The molecule has 4 heteroatoms. The lowest BCUT2D eigenvalue weighted by molar-refractivity contribution is 0.203. The van der Waals surface area contributed by atoms with Crippen LogP contribution in [0.4, 0.5) is 5.69 Å². The molecule has 0 spiro atoms. The summed E-state index contributed by atoms with van der Waals surface area (Å²) < 4.78 is 0. The summed E-state index contributed by atoms with van der Waals surface area (Å²) in [5.74, 6) is 1.12. The summed E-state index contributed by atoms with van der Waals surface area (Å²) in [6.45, 7) is 8.57. The Morgan fingerprint density at radius 2 is 2.05 bits per heavy atom. The zero-order valence-electron chi connectivity index (χ0n) is 13.1. The van der Waals surface area contributed by atoms with Crippen LogP contribution in [0.5, 0.6) is 0 Å². The lowest BCUT2D eigenvalue weighted by atomic mass is 9.97. The third kappa shape index (κ3) is 4.87. The SMILES string of the molecule is CC(C)CNCc1ccc(N2CCC(CO)CC2)c(Cl)c1. The molecule has 0 unspecified atom stereocenters. The molecule has 0 aromatic heterocycles. The van der Waals surface area contributed by atoms with E-state index >= 15 is 0 Å². The molecular formula is C17H27ClN2O. The Labute approximate surface area is 133 Å². The topological polar surface area (TPSA) is 35.5 Å². The van der Waals surface area contributed by atoms with Crippen molar-refractivity contribution in [1.82, 2.24) is 5.32 Å². The Morgan fingerprint density at radius 1 is 1.33 bits per heavy atom. The van der Waals surface area contributed by atoms with Crippen LogP contribution in [0.25, 0.3) is 0 Å². The molecule has 1 aromatic carbocycles. The van der Waals surface area contributed by atoms with E-state index in [0.29, 0.717) is 18.4 Å². The summed E-state index contributed by atoms with van der Waals surface area (Å²) in [6, 6.07) is 6.36. The maximum absolute atomic E-state index is 9.21. The van der Waals surface area contributed by atoms with Crippen molar-refractivity contribution in [3.8, 4) is 0 Å². The van der Waals surface area contributed by atoms with Gasteiger partial charge in [-0.25, -0.2) is 0 Å².